The lowest BCUT2D eigenvalue weighted by Crippen LogP contribution is -2.46. The van der Waals surface area contributed by atoms with Crippen LogP contribution in [-0.4, -0.2) is 53.3 Å². The van der Waals surface area contributed by atoms with Gasteiger partial charge in [-0.3, -0.25) is 19.4 Å². The predicted octanol–water partition coefficient (Wildman–Crippen LogP) is 0.575. The molecule has 2 N–H and O–H groups in total. The number of carbonyl (C=O) groups excluding carboxylic acids is 3. The average molecular weight is 332 g/mol. The fourth-order valence-corrected chi connectivity index (χ4v) is 2.66. The molecule has 1 aromatic heterocycles. The van der Waals surface area contributed by atoms with Crippen LogP contribution in [0.25, 0.3) is 0 Å². The Morgan fingerprint density at radius 1 is 1.17 bits per heavy atom. The number of likely N-dealkylation sites (tertiary alicyclic amines) is 1. The Morgan fingerprint density at radius 2 is 1.79 bits per heavy atom. The number of hydrogen-bond acceptors (Lipinski definition) is 4. The van der Waals surface area contributed by atoms with Crippen LogP contribution >= 0.6 is 0 Å². The summed E-state index contributed by atoms with van der Waals surface area (Å²) in [4.78, 5) is 41.3. The van der Waals surface area contributed by atoms with E-state index in [2.05, 4.69) is 15.6 Å². The molecule has 0 atom stereocenters. The van der Waals surface area contributed by atoms with Gasteiger partial charge < -0.3 is 15.5 Å². The first kappa shape index (κ1) is 17.9. The van der Waals surface area contributed by atoms with E-state index in [9.17, 15) is 14.4 Å². The number of carbonyl (C=O) groups is 3. The van der Waals surface area contributed by atoms with E-state index >= 15 is 0 Å². The normalized spacial score (nSPS) is 15.2. The lowest BCUT2D eigenvalue weighted by atomic mass is 9.96. The fraction of sp³-hybridized carbons (Fsp3) is 0.529. The number of pyridine rings is 1. The molecule has 1 aliphatic heterocycles. The van der Waals surface area contributed by atoms with Crippen LogP contribution in [0.1, 0.15) is 37.0 Å². The summed E-state index contributed by atoms with van der Waals surface area (Å²) in [5.41, 5.74) is 0.641. The van der Waals surface area contributed by atoms with Crippen molar-refractivity contribution in [2.24, 2.45) is 5.92 Å². The molecule has 7 nitrogen and oxygen atoms in total. The highest BCUT2D eigenvalue weighted by atomic mass is 16.2. The topological polar surface area (TPSA) is 91.4 Å². The SMILES string of the molecule is CC(C)NC(=O)C(=O)NCC1CCN(C(=O)c2ccncc2)CC1. The second kappa shape index (κ2) is 8.42. The van der Waals surface area contributed by atoms with Gasteiger partial charge in [0, 0.05) is 43.6 Å². The van der Waals surface area contributed by atoms with Gasteiger partial charge in [0.05, 0.1) is 0 Å². The highest BCUT2D eigenvalue weighted by Crippen LogP contribution is 2.18. The van der Waals surface area contributed by atoms with Crippen LogP contribution in [-0.2, 0) is 9.59 Å². The molecule has 0 bridgehead atoms. The Hall–Kier alpha value is -2.44. The zero-order valence-electron chi connectivity index (χ0n) is 14.1. The molecule has 0 spiro atoms. The van der Waals surface area contributed by atoms with E-state index in [0.29, 0.717) is 25.2 Å². The summed E-state index contributed by atoms with van der Waals surface area (Å²) < 4.78 is 0. The molecule has 7 heteroatoms. The third kappa shape index (κ3) is 5.04. The number of aromatic nitrogens is 1. The van der Waals surface area contributed by atoms with Crippen LogP contribution in [0.3, 0.4) is 0 Å². The van der Waals surface area contributed by atoms with Crippen molar-refractivity contribution in [3.63, 3.8) is 0 Å². The Labute approximate surface area is 141 Å². The van der Waals surface area contributed by atoms with Gasteiger partial charge in [0.15, 0.2) is 0 Å². The maximum Gasteiger partial charge on any atom is 0.309 e. The Bertz CT molecular complexity index is 581. The van der Waals surface area contributed by atoms with Crippen molar-refractivity contribution in [1.82, 2.24) is 20.5 Å². The molecule has 1 saturated heterocycles. The van der Waals surface area contributed by atoms with Gasteiger partial charge >= 0.3 is 11.8 Å². The summed E-state index contributed by atoms with van der Waals surface area (Å²) in [6, 6.07) is 3.36. The van der Waals surface area contributed by atoms with Gasteiger partial charge in [0.2, 0.25) is 0 Å². The van der Waals surface area contributed by atoms with E-state index in [0.717, 1.165) is 12.8 Å². The van der Waals surface area contributed by atoms with Crippen LogP contribution in [0, 0.1) is 5.92 Å². The smallest absolute Gasteiger partial charge is 0.309 e. The average Bonchev–Trinajstić information content (AvgIpc) is 2.59. The van der Waals surface area contributed by atoms with E-state index in [1.54, 1.807) is 38.4 Å². The quantitative estimate of drug-likeness (QED) is 0.789. The number of rotatable bonds is 4. The first-order chi connectivity index (χ1) is 11.5. The number of hydrogen-bond donors (Lipinski definition) is 2. The molecule has 2 heterocycles. The van der Waals surface area contributed by atoms with Crippen molar-refractivity contribution in [2.45, 2.75) is 32.7 Å². The van der Waals surface area contributed by atoms with Gasteiger partial charge in [-0.05, 0) is 44.7 Å². The fourth-order valence-electron chi connectivity index (χ4n) is 2.66. The van der Waals surface area contributed by atoms with Crippen molar-refractivity contribution >= 4 is 17.7 Å². The van der Waals surface area contributed by atoms with Crippen LogP contribution in [0.15, 0.2) is 24.5 Å². The van der Waals surface area contributed by atoms with Gasteiger partial charge in [0.25, 0.3) is 5.91 Å². The first-order valence-corrected chi connectivity index (χ1v) is 8.25. The van der Waals surface area contributed by atoms with Gasteiger partial charge in [0.1, 0.15) is 0 Å². The Balaban J connectivity index is 1.74. The van der Waals surface area contributed by atoms with E-state index in [1.807, 2.05) is 4.90 Å². The second-order valence-corrected chi connectivity index (χ2v) is 6.31. The molecule has 0 unspecified atom stereocenters. The third-order valence-corrected chi connectivity index (χ3v) is 4.01. The monoisotopic (exact) mass is 332 g/mol. The van der Waals surface area contributed by atoms with E-state index in [1.165, 1.54) is 0 Å². The highest BCUT2D eigenvalue weighted by Gasteiger charge is 2.24. The molecule has 0 aromatic carbocycles. The van der Waals surface area contributed by atoms with E-state index < -0.39 is 11.8 Å². The molecule has 1 aliphatic rings. The van der Waals surface area contributed by atoms with E-state index in [4.69, 9.17) is 0 Å². The minimum Gasteiger partial charge on any atom is -0.348 e. The molecule has 2 rings (SSSR count). The molecule has 1 aromatic rings. The molecule has 0 aliphatic carbocycles. The number of amides is 3. The predicted molar refractivity (Wildman–Crippen MR) is 89.2 cm³/mol. The summed E-state index contributed by atoms with van der Waals surface area (Å²) in [5, 5.41) is 5.23. The molecular weight excluding hydrogens is 308 g/mol. The van der Waals surface area contributed by atoms with Gasteiger partial charge in [-0.1, -0.05) is 0 Å². The summed E-state index contributed by atoms with van der Waals surface area (Å²) in [6.45, 7) is 5.38. The minimum absolute atomic E-state index is 0.0104. The number of piperidine rings is 1. The number of nitrogens with one attached hydrogen (secondary N) is 2. The maximum atomic E-state index is 12.3. The standard InChI is InChI=1S/C17H24N4O3/c1-12(2)20-16(23)15(22)19-11-13-5-9-21(10-6-13)17(24)14-3-7-18-8-4-14/h3-4,7-8,12-13H,5-6,9-11H2,1-2H3,(H,19,22)(H,20,23). The van der Waals surface area contributed by atoms with Crippen molar-refractivity contribution in [3.8, 4) is 0 Å². The van der Waals surface area contributed by atoms with Crippen LogP contribution in [0.5, 0.6) is 0 Å². The molecule has 0 saturated carbocycles. The lowest BCUT2D eigenvalue weighted by molar-refractivity contribution is -0.139. The maximum absolute atomic E-state index is 12.3. The minimum atomic E-state index is -0.602. The second-order valence-electron chi connectivity index (χ2n) is 6.31. The van der Waals surface area contributed by atoms with Gasteiger partial charge in [-0.25, -0.2) is 0 Å². The van der Waals surface area contributed by atoms with Crippen LogP contribution < -0.4 is 10.6 Å². The molecule has 130 valence electrons. The molecule has 3 amide bonds. The van der Waals surface area contributed by atoms with Crippen LogP contribution in [0.2, 0.25) is 0 Å². The van der Waals surface area contributed by atoms with Crippen molar-refractivity contribution < 1.29 is 14.4 Å². The third-order valence-electron chi connectivity index (χ3n) is 4.01. The summed E-state index contributed by atoms with van der Waals surface area (Å²) >= 11 is 0. The summed E-state index contributed by atoms with van der Waals surface area (Å²) in [5.74, 6) is -0.909. The summed E-state index contributed by atoms with van der Waals surface area (Å²) in [6.07, 6.45) is 4.83. The zero-order valence-corrected chi connectivity index (χ0v) is 14.1. The largest absolute Gasteiger partial charge is 0.348 e. The van der Waals surface area contributed by atoms with E-state index in [-0.39, 0.29) is 17.9 Å². The zero-order chi connectivity index (χ0) is 17.5. The van der Waals surface area contributed by atoms with Crippen LogP contribution in [0.4, 0.5) is 0 Å². The van der Waals surface area contributed by atoms with Crippen molar-refractivity contribution in [3.05, 3.63) is 30.1 Å². The lowest BCUT2D eigenvalue weighted by Gasteiger charge is -2.32. The highest BCUT2D eigenvalue weighted by molar-refractivity contribution is 6.35. The molecule has 24 heavy (non-hydrogen) atoms. The Morgan fingerprint density at radius 3 is 2.38 bits per heavy atom. The molecular formula is C17H24N4O3. The molecule has 0 radical (unpaired) electrons. The number of nitrogens with zero attached hydrogens (tertiary/aromatic N) is 2. The van der Waals surface area contributed by atoms with Gasteiger partial charge in [-0.15, -0.1) is 0 Å². The Kier molecular flexibility index (Phi) is 6.28. The summed E-state index contributed by atoms with van der Waals surface area (Å²) in [7, 11) is 0. The van der Waals surface area contributed by atoms with Crippen molar-refractivity contribution in [2.75, 3.05) is 19.6 Å². The first-order valence-electron chi connectivity index (χ1n) is 8.25. The van der Waals surface area contributed by atoms with Crippen molar-refractivity contribution in [1.29, 1.82) is 0 Å². The molecule has 1 fully saturated rings. The van der Waals surface area contributed by atoms with Gasteiger partial charge in [-0.2, -0.15) is 0 Å².